The van der Waals surface area contributed by atoms with E-state index in [4.69, 9.17) is 4.74 Å². The van der Waals surface area contributed by atoms with Crippen LogP contribution in [0.25, 0.3) is 0 Å². The number of hydrogen-bond donors (Lipinski definition) is 3. The summed E-state index contributed by atoms with van der Waals surface area (Å²) in [5.41, 5.74) is 2.02. The van der Waals surface area contributed by atoms with Gasteiger partial charge in [0.25, 0.3) is 0 Å². The van der Waals surface area contributed by atoms with Crippen molar-refractivity contribution in [2.24, 2.45) is 0 Å². The number of methoxy groups -OCH3 is 1. The zero-order chi connectivity index (χ0) is 13.0. The third-order valence-electron chi connectivity index (χ3n) is 3.02. The van der Waals surface area contributed by atoms with Crippen molar-refractivity contribution in [2.75, 3.05) is 32.1 Å². The Morgan fingerprint density at radius 3 is 3.17 bits per heavy atom. The number of hydrogen-bond acceptors (Lipinski definition) is 4. The Morgan fingerprint density at radius 1 is 1.61 bits per heavy atom. The van der Waals surface area contributed by atoms with Crippen molar-refractivity contribution in [1.29, 1.82) is 0 Å². The molecule has 1 aliphatic rings. The molecule has 1 amide bonds. The predicted octanol–water partition coefficient (Wildman–Crippen LogP) is 0.319. The average molecular weight is 250 g/mol. The Labute approximate surface area is 106 Å². The normalized spacial score (nSPS) is 18.9. The van der Waals surface area contributed by atoms with Crippen LogP contribution in [-0.4, -0.2) is 43.9 Å². The van der Waals surface area contributed by atoms with E-state index in [-0.39, 0.29) is 25.0 Å². The van der Waals surface area contributed by atoms with E-state index in [0.717, 1.165) is 11.3 Å². The molecule has 0 bridgehead atoms. The Bertz CT molecular complexity index is 422. The highest BCUT2D eigenvalue weighted by Crippen LogP contribution is 2.30. The third kappa shape index (κ3) is 2.80. The van der Waals surface area contributed by atoms with E-state index in [9.17, 15) is 9.90 Å². The van der Waals surface area contributed by atoms with Crippen molar-refractivity contribution in [3.8, 4) is 0 Å². The second-order valence-electron chi connectivity index (χ2n) is 4.38. The SMILES string of the molecule is COCC(O)CNC(=O)C1CNc2ccccc21. The van der Waals surface area contributed by atoms with Crippen LogP contribution in [-0.2, 0) is 9.53 Å². The summed E-state index contributed by atoms with van der Waals surface area (Å²) in [5, 5.41) is 15.4. The van der Waals surface area contributed by atoms with Gasteiger partial charge < -0.3 is 20.5 Å². The van der Waals surface area contributed by atoms with Crippen LogP contribution in [0.2, 0.25) is 0 Å². The van der Waals surface area contributed by atoms with E-state index in [0.29, 0.717) is 6.54 Å². The first-order valence-corrected chi connectivity index (χ1v) is 6.00. The first-order valence-electron chi connectivity index (χ1n) is 6.00. The molecule has 0 aromatic heterocycles. The lowest BCUT2D eigenvalue weighted by Gasteiger charge is -2.14. The minimum atomic E-state index is -0.663. The van der Waals surface area contributed by atoms with Gasteiger partial charge in [0.05, 0.1) is 18.6 Å². The molecule has 0 saturated heterocycles. The summed E-state index contributed by atoms with van der Waals surface area (Å²) in [6.07, 6.45) is -0.663. The Morgan fingerprint density at radius 2 is 2.39 bits per heavy atom. The number of rotatable bonds is 5. The van der Waals surface area contributed by atoms with Gasteiger partial charge in [-0.15, -0.1) is 0 Å². The lowest BCUT2D eigenvalue weighted by Crippen LogP contribution is -2.37. The predicted molar refractivity (Wildman–Crippen MR) is 68.6 cm³/mol. The summed E-state index contributed by atoms with van der Waals surface area (Å²) in [7, 11) is 1.52. The largest absolute Gasteiger partial charge is 0.389 e. The molecule has 1 aromatic carbocycles. The van der Waals surface area contributed by atoms with Crippen LogP contribution in [0, 0.1) is 0 Å². The zero-order valence-electron chi connectivity index (χ0n) is 10.3. The molecule has 0 aliphatic carbocycles. The molecule has 5 nitrogen and oxygen atoms in total. The summed E-state index contributed by atoms with van der Waals surface area (Å²) in [6.45, 7) is 1.04. The van der Waals surface area contributed by atoms with E-state index < -0.39 is 6.10 Å². The van der Waals surface area contributed by atoms with Crippen LogP contribution >= 0.6 is 0 Å². The lowest BCUT2D eigenvalue weighted by molar-refractivity contribution is -0.122. The molecule has 0 radical (unpaired) electrons. The molecule has 98 valence electrons. The topological polar surface area (TPSA) is 70.6 Å². The first kappa shape index (κ1) is 12.9. The molecule has 0 saturated carbocycles. The minimum Gasteiger partial charge on any atom is -0.389 e. The molecule has 0 fully saturated rings. The van der Waals surface area contributed by atoms with Crippen molar-refractivity contribution in [3.05, 3.63) is 29.8 Å². The number of carbonyl (C=O) groups excluding carboxylic acids is 1. The quantitative estimate of drug-likeness (QED) is 0.704. The van der Waals surface area contributed by atoms with Gasteiger partial charge in [0.1, 0.15) is 0 Å². The average Bonchev–Trinajstić information content (AvgIpc) is 2.80. The second-order valence-corrected chi connectivity index (χ2v) is 4.38. The van der Waals surface area contributed by atoms with Crippen LogP contribution in [0.5, 0.6) is 0 Å². The summed E-state index contributed by atoms with van der Waals surface area (Å²) < 4.78 is 4.80. The fourth-order valence-corrected chi connectivity index (χ4v) is 2.11. The monoisotopic (exact) mass is 250 g/mol. The highest BCUT2D eigenvalue weighted by molar-refractivity contribution is 5.88. The fourth-order valence-electron chi connectivity index (χ4n) is 2.11. The molecule has 2 atom stereocenters. The van der Waals surface area contributed by atoms with Gasteiger partial charge in [-0.1, -0.05) is 18.2 Å². The molecule has 5 heteroatoms. The molecule has 2 unspecified atom stereocenters. The molecular weight excluding hydrogens is 232 g/mol. The standard InChI is InChI=1S/C13H18N2O3/c1-18-8-9(16)6-15-13(17)11-7-14-12-5-3-2-4-10(11)12/h2-5,9,11,14,16H,6-8H2,1H3,(H,15,17). The van der Waals surface area contributed by atoms with Gasteiger partial charge in [-0.2, -0.15) is 0 Å². The molecule has 1 aliphatic heterocycles. The number of carbonyl (C=O) groups is 1. The molecule has 1 aromatic rings. The van der Waals surface area contributed by atoms with Gasteiger partial charge in [-0.05, 0) is 11.6 Å². The van der Waals surface area contributed by atoms with E-state index in [1.54, 1.807) is 0 Å². The lowest BCUT2D eigenvalue weighted by atomic mass is 10.0. The van der Waals surface area contributed by atoms with E-state index in [1.807, 2.05) is 24.3 Å². The third-order valence-corrected chi connectivity index (χ3v) is 3.02. The highest BCUT2D eigenvalue weighted by atomic mass is 16.5. The van der Waals surface area contributed by atoms with Crippen molar-refractivity contribution in [3.63, 3.8) is 0 Å². The van der Waals surface area contributed by atoms with E-state index in [1.165, 1.54) is 7.11 Å². The fraction of sp³-hybridized carbons (Fsp3) is 0.462. The summed E-state index contributed by atoms with van der Waals surface area (Å²) in [6, 6.07) is 7.77. The van der Waals surface area contributed by atoms with Crippen molar-refractivity contribution in [2.45, 2.75) is 12.0 Å². The molecule has 18 heavy (non-hydrogen) atoms. The number of ether oxygens (including phenoxy) is 1. The maximum atomic E-state index is 12.0. The molecule has 1 heterocycles. The maximum Gasteiger partial charge on any atom is 0.229 e. The van der Waals surface area contributed by atoms with Gasteiger partial charge in [-0.25, -0.2) is 0 Å². The van der Waals surface area contributed by atoms with E-state index >= 15 is 0 Å². The van der Waals surface area contributed by atoms with Crippen molar-refractivity contribution < 1.29 is 14.6 Å². The number of aliphatic hydroxyl groups excluding tert-OH is 1. The van der Waals surface area contributed by atoms with Crippen LogP contribution in [0.1, 0.15) is 11.5 Å². The Hall–Kier alpha value is -1.59. The number of benzene rings is 1. The Kier molecular flexibility index (Phi) is 4.17. The van der Waals surface area contributed by atoms with Crippen LogP contribution in [0.3, 0.4) is 0 Å². The van der Waals surface area contributed by atoms with Gasteiger partial charge in [0.2, 0.25) is 5.91 Å². The molecular formula is C13H18N2O3. The highest BCUT2D eigenvalue weighted by Gasteiger charge is 2.28. The maximum absolute atomic E-state index is 12.0. The number of anilines is 1. The zero-order valence-corrected chi connectivity index (χ0v) is 10.3. The van der Waals surface area contributed by atoms with Gasteiger partial charge >= 0.3 is 0 Å². The summed E-state index contributed by atoms with van der Waals surface area (Å²) >= 11 is 0. The van der Waals surface area contributed by atoms with Crippen LogP contribution in [0.4, 0.5) is 5.69 Å². The summed E-state index contributed by atoms with van der Waals surface area (Å²) in [5.74, 6) is -0.251. The minimum absolute atomic E-state index is 0.0670. The smallest absolute Gasteiger partial charge is 0.229 e. The summed E-state index contributed by atoms with van der Waals surface area (Å²) in [4.78, 5) is 12.0. The first-order chi connectivity index (χ1) is 8.72. The van der Waals surface area contributed by atoms with Gasteiger partial charge in [0.15, 0.2) is 0 Å². The Balaban J connectivity index is 1.91. The number of amides is 1. The van der Waals surface area contributed by atoms with E-state index in [2.05, 4.69) is 10.6 Å². The number of fused-ring (bicyclic) bond motifs is 1. The van der Waals surface area contributed by atoms with Gasteiger partial charge in [-0.3, -0.25) is 4.79 Å². The molecule has 0 spiro atoms. The van der Waals surface area contributed by atoms with Crippen molar-refractivity contribution in [1.82, 2.24) is 5.32 Å². The van der Waals surface area contributed by atoms with Crippen LogP contribution in [0.15, 0.2) is 24.3 Å². The molecule has 2 rings (SSSR count). The van der Waals surface area contributed by atoms with Gasteiger partial charge in [0, 0.05) is 25.9 Å². The number of aliphatic hydroxyl groups is 1. The number of nitrogens with one attached hydrogen (secondary N) is 2. The van der Waals surface area contributed by atoms with Crippen LogP contribution < -0.4 is 10.6 Å². The number of para-hydroxylation sites is 1. The second kappa shape index (κ2) is 5.84. The van der Waals surface area contributed by atoms with Crippen molar-refractivity contribution >= 4 is 11.6 Å². The molecule has 3 N–H and O–H groups in total.